The summed E-state index contributed by atoms with van der Waals surface area (Å²) in [5.41, 5.74) is 2.12. The van der Waals surface area contributed by atoms with Crippen molar-refractivity contribution in [1.29, 1.82) is 0 Å². The first-order valence-electron chi connectivity index (χ1n) is 7.89. The molecule has 6 nitrogen and oxygen atoms in total. The Morgan fingerprint density at radius 2 is 2.17 bits per heavy atom. The minimum atomic E-state index is 0.590. The molecule has 2 aromatic rings. The van der Waals surface area contributed by atoms with Crippen molar-refractivity contribution in [3.63, 3.8) is 0 Å². The molecule has 1 heterocycles. The number of rotatable bonds is 7. The summed E-state index contributed by atoms with van der Waals surface area (Å²) < 4.78 is 5.25. The summed E-state index contributed by atoms with van der Waals surface area (Å²) in [6.45, 7) is 4.10. The Labute approximate surface area is 147 Å². The number of guanidine groups is 1. The zero-order valence-corrected chi connectivity index (χ0v) is 15.5. The smallest absolute Gasteiger partial charge is 0.191 e. The number of nitrogens with one attached hydrogen (secondary N) is 2. The van der Waals surface area contributed by atoms with Gasteiger partial charge in [0, 0.05) is 26.0 Å². The standard InChI is InChI=1S/C17H25N5OS/c1-5-18-16(19-10-13-7-6-8-15(9-13)23-4)20-11-14-12-24-17(21-14)22(2)3/h6-9,12H,5,10-11H2,1-4H3,(H2,18,19,20). The molecule has 2 rings (SSSR count). The van der Waals surface area contributed by atoms with E-state index in [0.29, 0.717) is 13.1 Å². The van der Waals surface area contributed by atoms with Gasteiger partial charge in [-0.15, -0.1) is 11.3 Å². The molecule has 130 valence electrons. The van der Waals surface area contributed by atoms with Crippen LogP contribution in [0.4, 0.5) is 5.13 Å². The van der Waals surface area contributed by atoms with Crippen LogP contribution in [0.15, 0.2) is 34.6 Å². The molecule has 0 saturated heterocycles. The Hall–Kier alpha value is -2.28. The van der Waals surface area contributed by atoms with Crippen molar-refractivity contribution in [3.05, 3.63) is 40.9 Å². The van der Waals surface area contributed by atoms with E-state index in [4.69, 9.17) is 4.74 Å². The van der Waals surface area contributed by atoms with Gasteiger partial charge in [0.25, 0.3) is 0 Å². The van der Waals surface area contributed by atoms with E-state index in [9.17, 15) is 0 Å². The highest BCUT2D eigenvalue weighted by atomic mass is 32.1. The quantitative estimate of drug-likeness (QED) is 0.595. The summed E-state index contributed by atoms with van der Waals surface area (Å²) in [7, 11) is 5.66. The van der Waals surface area contributed by atoms with Gasteiger partial charge in [-0.3, -0.25) is 0 Å². The van der Waals surface area contributed by atoms with Crippen LogP contribution in [0.5, 0.6) is 5.75 Å². The number of aliphatic imine (C=N–C) groups is 1. The van der Waals surface area contributed by atoms with Crippen molar-refractivity contribution in [2.75, 3.05) is 32.6 Å². The fraction of sp³-hybridized carbons (Fsp3) is 0.412. The van der Waals surface area contributed by atoms with Gasteiger partial charge >= 0.3 is 0 Å². The fourth-order valence-electron chi connectivity index (χ4n) is 2.04. The summed E-state index contributed by atoms with van der Waals surface area (Å²) >= 11 is 1.64. The first-order valence-corrected chi connectivity index (χ1v) is 8.77. The van der Waals surface area contributed by atoms with E-state index in [1.54, 1.807) is 18.4 Å². The first-order chi connectivity index (χ1) is 11.6. The van der Waals surface area contributed by atoms with Gasteiger partial charge in [-0.05, 0) is 24.6 Å². The van der Waals surface area contributed by atoms with E-state index < -0.39 is 0 Å². The SMILES string of the molecule is CCNC(=NCc1cccc(OC)c1)NCc1csc(N(C)C)n1. The molecule has 0 bridgehead atoms. The predicted molar refractivity (Wildman–Crippen MR) is 101 cm³/mol. The lowest BCUT2D eigenvalue weighted by atomic mass is 10.2. The van der Waals surface area contributed by atoms with Crippen LogP contribution in [0.3, 0.4) is 0 Å². The van der Waals surface area contributed by atoms with E-state index in [1.807, 2.05) is 43.3 Å². The Balaban J connectivity index is 1.96. The van der Waals surface area contributed by atoms with E-state index in [2.05, 4.69) is 32.9 Å². The number of benzene rings is 1. The van der Waals surface area contributed by atoms with Crippen molar-refractivity contribution in [2.45, 2.75) is 20.0 Å². The molecular weight excluding hydrogens is 322 g/mol. The molecule has 1 aromatic heterocycles. The van der Waals surface area contributed by atoms with Gasteiger partial charge in [-0.1, -0.05) is 12.1 Å². The lowest BCUT2D eigenvalue weighted by Crippen LogP contribution is -2.36. The third kappa shape index (κ3) is 5.42. The van der Waals surface area contributed by atoms with Gasteiger partial charge < -0.3 is 20.3 Å². The molecule has 2 N–H and O–H groups in total. The molecule has 0 aliphatic rings. The van der Waals surface area contributed by atoms with Crippen molar-refractivity contribution in [3.8, 4) is 5.75 Å². The maximum absolute atomic E-state index is 5.25. The average molecular weight is 347 g/mol. The number of thiazole rings is 1. The Morgan fingerprint density at radius 3 is 2.83 bits per heavy atom. The summed E-state index contributed by atoms with van der Waals surface area (Å²) in [6.07, 6.45) is 0. The van der Waals surface area contributed by atoms with Crippen LogP contribution in [-0.2, 0) is 13.1 Å². The number of anilines is 1. The normalized spacial score (nSPS) is 11.2. The highest BCUT2D eigenvalue weighted by Crippen LogP contribution is 2.17. The molecule has 1 aromatic carbocycles. The molecule has 0 saturated carbocycles. The summed E-state index contributed by atoms with van der Waals surface area (Å²) in [5.74, 6) is 1.62. The van der Waals surface area contributed by atoms with Crippen LogP contribution < -0.4 is 20.3 Å². The fourth-order valence-corrected chi connectivity index (χ4v) is 2.80. The maximum atomic E-state index is 5.25. The van der Waals surface area contributed by atoms with Gasteiger partial charge in [0.1, 0.15) is 5.75 Å². The highest BCUT2D eigenvalue weighted by molar-refractivity contribution is 7.13. The average Bonchev–Trinajstić information content (AvgIpc) is 3.07. The number of hydrogen-bond donors (Lipinski definition) is 2. The molecule has 0 aliphatic heterocycles. The van der Waals surface area contributed by atoms with Crippen LogP contribution in [0, 0.1) is 0 Å². The Kier molecular flexibility index (Phi) is 6.87. The third-order valence-electron chi connectivity index (χ3n) is 3.26. The van der Waals surface area contributed by atoms with E-state index >= 15 is 0 Å². The number of aromatic nitrogens is 1. The second-order valence-electron chi connectivity index (χ2n) is 5.42. The van der Waals surface area contributed by atoms with Crippen molar-refractivity contribution >= 4 is 22.4 Å². The zero-order valence-electron chi connectivity index (χ0n) is 14.7. The molecule has 0 spiro atoms. The van der Waals surface area contributed by atoms with E-state index in [-0.39, 0.29) is 0 Å². The molecule has 0 unspecified atom stereocenters. The van der Waals surface area contributed by atoms with E-state index in [1.165, 1.54) is 0 Å². The van der Waals surface area contributed by atoms with Crippen LogP contribution in [0.25, 0.3) is 0 Å². The van der Waals surface area contributed by atoms with Gasteiger partial charge in [-0.2, -0.15) is 0 Å². The Morgan fingerprint density at radius 1 is 1.33 bits per heavy atom. The minimum Gasteiger partial charge on any atom is -0.497 e. The monoisotopic (exact) mass is 347 g/mol. The molecular formula is C17H25N5OS. The topological polar surface area (TPSA) is 61.8 Å². The van der Waals surface area contributed by atoms with Crippen LogP contribution in [0.2, 0.25) is 0 Å². The lowest BCUT2D eigenvalue weighted by Gasteiger charge is -2.11. The predicted octanol–water partition coefficient (Wildman–Crippen LogP) is 2.47. The first kappa shape index (κ1) is 18.1. The van der Waals surface area contributed by atoms with Crippen molar-refractivity contribution in [1.82, 2.24) is 15.6 Å². The van der Waals surface area contributed by atoms with Crippen LogP contribution >= 0.6 is 11.3 Å². The number of methoxy groups -OCH3 is 1. The summed E-state index contributed by atoms with van der Waals surface area (Å²) in [4.78, 5) is 11.2. The summed E-state index contributed by atoms with van der Waals surface area (Å²) in [5, 5.41) is 9.64. The number of nitrogens with zero attached hydrogens (tertiary/aromatic N) is 3. The second kappa shape index (κ2) is 9.12. The maximum Gasteiger partial charge on any atom is 0.191 e. The molecule has 0 aliphatic carbocycles. The van der Waals surface area contributed by atoms with Gasteiger partial charge in [0.15, 0.2) is 11.1 Å². The highest BCUT2D eigenvalue weighted by Gasteiger charge is 2.05. The molecule has 0 amide bonds. The second-order valence-corrected chi connectivity index (χ2v) is 6.25. The molecule has 7 heteroatoms. The molecule has 0 fully saturated rings. The van der Waals surface area contributed by atoms with Crippen LogP contribution in [0.1, 0.15) is 18.2 Å². The molecule has 0 atom stereocenters. The Bertz CT molecular complexity index is 669. The van der Waals surface area contributed by atoms with Gasteiger partial charge in [0.05, 0.1) is 25.9 Å². The van der Waals surface area contributed by atoms with Crippen LogP contribution in [-0.4, -0.2) is 38.7 Å². The zero-order chi connectivity index (χ0) is 17.4. The molecule has 0 radical (unpaired) electrons. The largest absolute Gasteiger partial charge is 0.497 e. The molecule has 24 heavy (non-hydrogen) atoms. The number of ether oxygens (including phenoxy) is 1. The van der Waals surface area contributed by atoms with Crippen molar-refractivity contribution in [2.24, 2.45) is 4.99 Å². The summed E-state index contributed by atoms with van der Waals surface area (Å²) in [6, 6.07) is 7.94. The van der Waals surface area contributed by atoms with Gasteiger partial charge in [-0.25, -0.2) is 9.98 Å². The lowest BCUT2D eigenvalue weighted by molar-refractivity contribution is 0.414. The number of hydrogen-bond acceptors (Lipinski definition) is 5. The van der Waals surface area contributed by atoms with Gasteiger partial charge in [0.2, 0.25) is 0 Å². The minimum absolute atomic E-state index is 0.590. The third-order valence-corrected chi connectivity index (χ3v) is 4.31. The van der Waals surface area contributed by atoms with E-state index in [0.717, 1.165) is 34.6 Å². The van der Waals surface area contributed by atoms with Crippen molar-refractivity contribution < 1.29 is 4.74 Å².